The second kappa shape index (κ2) is 5.83. The number of hydrogen-bond acceptors (Lipinski definition) is 3. The van der Waals surface area contributed by atoms with Crippen LogP contribution in [0, 0.1) is 0 Å². The summed E-state index contributed by atoms with van der Waals surface area (Å²) in [4.78, 5) is 11.2. The van der Waals surface area contributed by atoms with Gasteiger partial charge in [0.1, 0.15) is 0 Å². The van der Waals surface area contributed by atoms with Crippen LogP contribution in [0.5, 0.6) is 0 Å². The molecule has 1 N–H and O–H groups in total. The van der Waals surface area contributed by atoms with E-state index in [2.05, 4.69) is 34.3 Å². The zero-order valence-corrected chi connectivity index (χ0v) is 10.9. The van der Waals surface area contributed by atoms with Gasteiger partial charge in [-0.2, -0.15) is 0 Å². The van der Waals surface area contributed by atoms with E-state index in [0.717, 1.165) is 12.8 Å². The van der Waals surface area contributed by atoms with Crippen LogP contribution in [0.2, 0.25) is 0 Å². The fourth-order valence-corrected chi connectivity index (χ4v) is 2.37. The fraction of sp³-hybridized carbons (Fsp3) is 0.400. The van der Waals surface area contributed by atoms with Crippen molar-refractivity contribution >= 4 is 5.97 Å². The highest BCUT2D eigenvalue weighted by Gasteiger charge is 2.20. The third kappa shape index (κ3) is 2.79. The van der Waals surface area contributed by atoms with Gasteiger partial charge in [0.25, 0.3) is 0 Å². The molecule has 0 amide bonds. The normalized spacial score (nSPS) is 18.6. The van der Waals surface area contributed by atoms with Crippen molar-refractivity contribution in [2.75, 3.05) is 13.7 Å². The molecule has 3 heteroatoms. The van der Waals surface area contributed by atoms with Gasteiger partial charge in [-0.3, -0.25) is 0 Å². The lowest BCUT2D eigenvalue weighted by atomic mass is 10.1. The van der Waals surface area contributed by atoms with Gasteiger partial charge in [-0.25, -0.2) is 4.79 Å². The van der Waals surface area contributed by atoms with Crippen LogP contribution >= 0.6 is 0 Å². The number of carbonyl (C=O) groups is 1. The van der Waals surface area contributed by atoms with Crippen LogP contribution in [-0.4, -0.2) is 19.6 Å². The molecule has 1 unspecified atom stereocenters. The van der Waals surface area contributed by atoms with Crippen LogP contribution in [0.25, 0.3) is 0 Å². The Hall–Kier alpha value is -1.61. The first kappa shape index (κ1) is 12.8. The molecule has 1 aromatic carbocycles. The molecule has 0 bridgehead atoms. The van der Waals surface area contributed by atoms with Crippen LogP contribution in [0.15, 0.2) is 35.9 Å². The van der Waals surface area contributed by atoms with Gasteiger partial charge in [0.05, 0.1) is 7.11 Å². The summed E-state index contributed by atoms with van der Waals surface area (Å²) < 4.78 is 4.66. The first-order valence-electron chi connectivity index (χ1n) is 6.28. The average molecular weight is 245 g/mol. The minimum atomic E-state index is -0.261. The molecular formula is C15H19NO2. The highest BCUT2D eigenvalue weighted by molar-refractivity contribution is 5.87. The van der Waals surface area contributed by atoms with Crippen molar-refractivity contribution in [2.24, 2.45) is 0 Å². The Morgan fingerprint density at radius 2 is 2.28 bits per heavy atom. The fourth-order valence-electron chi connectivity index (χ4n) is 2.37. The Morgan fingerprint density at radius 1 is 1.50 bits per heavy atom. The van der Waals surface area contributed by atoms with E-state index in [-0.39, 0.29) is 5.97 Å². The number of nitrogens with one attached hydrogen (secondary N) is 1. The molecule has 0 radical (unpaired) electrons. The Kier molecular flexibility index (Phi) is 4.15. The standard InChI is InChI=1S/C15H19NO2/c1-11(15(17)18-2)9-10-16-14-8-7-12-5-3-4-6-13(12)14/h3-6,9,14,16H,7-8,10H2,1-2H3/b11-9+. The molecule has 1 aliphatic carbocycles. The van der Waals surface area contributed by atoms with E-state index in [1.165, 1.54) is 18.2 Å². The smallest absolute Gasteiger partial charge is 0.333 e. The molecular weight excluding hydrogens is 226 g/mol. The van der Waals surface area contributed by atoms with Crippen molar-refractivity contribution in [3.8, 4) is 0 Å². The SMILES string of the molecule is COC(=O)/C(C)=C/CNC1CCc2ccccc21. The third-order valence-corrected chi connectivity index (χ3v) is 3.41. The number of benzene rings is 1. The molecule has 0 heterocycles. The summed E-state index contributed by atoms with van der Waals surface area (Å²) in [6.45, 7) is 2.47. The molecule has 1 atom stereocenters. The number of hydrogen-bond donors (Lipinski definition) is 1. The van der Waals surface area contributed by atoms with E-state index >= 15 is 0 Å². The van der Waals surface area contributed by atoms with Gasteiger partial charge in [-0.05, 0) is 30.9 Å². The highest BCUT2D eigenvalue weighted by atomic mass is 16.5. The summed E-state index contributed by atoms with van der Waals surface area (Å²) in [5.41, 5.74) is 3.47. The lowest BCUT2D eigenvalue weighted by Gasteiger charge is -2.12. The second-order valence-electron chi connectivity index (χ2n) is 4.58. The molecule has 0 aromatic heterocycles. The first-order valence-corrected chi connectivity index (χ1v) is 6.28. The summed E-state index contributed by atoms with van der Waals surface area (Å²) in [7, 11) is 1.40. The number of methoxy groups -OCH3 is 1. The molecule has 0 fully saturated rings. The number of aryl methyl sites for hydroxylation is 1. The molecule has 1 aliphatic rings. The van der Waals surface area contributed by atoms with Crippen molar-refractivity contribution in [3.63, 3.8) is 0 Å². The first-order chi connectivity index (χ1) is 8.72. The van der Waals surface area contributed by atoms with Gasteiger partial charge in [0.15, 0.2) is 0 Å². The van der Waals surface area contributed by atoms with Crippen LogP contribution in [0.1, 0.15) is 30.5 Å². The molecule has 2 rings (SSSR count). The van der Waals surface area contributed by atoms with Gasteiger partial charge >= 0.3 is 5.97 Å². The van der Waals surface area contributed by atoms with Crippen LogP contribution in [0.3, 0.4) is 0 Å². The Bertz CT molecular complexity index is 465. The number of esters is 1. The van der Waals surface area contributed by atoms with Gasteiger partial charge in [0.2, 0.25) is 0 Å². The summed E-state index contributed by atoms with van der Waals surface area (Å²) in [6.07, 6.45) is 4.14. The van der Waals surface area contributed by atoms with E-state index in [4.69, 9.17) is 0 Å². The monoisotopic (exact) mass is 245 g/mol. The molecule has 0 saturated heterocycles. The van der Waals surface area contributed by atoms with E-state index in [1.54, 1.807) is 6.92 Å². The van der Waals surface area contributed by atoms with Crippen LogP contribution < -0.4 is 5.32 Å². The number of fused-ring (bicyclic) bond motifs is 1. The molecule has 3 nitrogen and oxygen atoms in total. The van der Waals surface area contributed by atoms with Gasteiger partial charge in [0, 0.05) is 18.2 Å². The molecule has 1 aromatic rings. The summed E-state index contributed by atoms with van der Waals surface area (Å²) in [5, 5.41) is 3.46. The summed E-state index contributed by atoms with van der Waals surface area (Å²) in [5.74, 6) is -0.261. The van der Waals surface area contributed by atoms with E-state index in [0.29, 0.717) is 18.2 Å². The zero-order chi connectivity index (χ0) is 13.0. The van der Waals surface area contributed by atoms with E-state index in [1.807, 2.05) is 6.08 Å². The molecule has 18 heavy (non-hydrogen) atoms. The molecule has 0 aliphatic heterocycles. The van der Waals surface area contributed by atoms with Gasteiger partial charge in [-0.1, -0.05) is 30.3 Å². The van der Waals surface area contributed by atoms with Crippen molar-refractivity contribution in [3.05, 3.63) is 47.0 Å². The predicted octanol–water partition coefficient (Wildman–Crippen LogP) is 2.38. The van der Waals surface area contributed by atoms with E-state index < -0.39 is 0 Å². The Balaban J connectivity index is 1.91. The van der Waals surface area contributed by atoms with Crippen molar-refractivity contribution < 1.29 is 9.53 Å². The lowest BCUT2D eigenvalue weighted by molar-refractivity contribution is -0.136. The minimum absolute atomic E-state index is 0.261. The minimum Gasteiger partial charge on any atom is -0.466 e. The highest BCUT2D eigenvalue weighted by Crippen LogP contribution is 2.30. The maximum absolute atomic E-state index is 11.2. The quantitative estimate of drug-likeness (QED) is 0.654. The maximum Gasteiger partial charge on any atom is 0.333 e. The topological polar surface area (TPSA) is 38.3 Å². The van der Waals surface area contributed by atoms with Crippen LogP contribution in [-0.2, 0) is 16.0 Å². The van der Waals surface area contributed by atoms with Crippen LogP contribution in [0.4, 0.5) is 0 Å². The lowest BCUT2D eigenvalue weighted by Crippen LogP contribution is -2.19. The number of carbonyl (C=O) groups excluding carboxylic acids is 1. The molecule has 96 valence electrons. The van der Waals surface area contributed by atoms with Gasteiger partial charge in [-0.15, -0.1) is 0 Å². The summed E-state index contributed by atoms with van der Waals surface area (Å²) in [6, 6.07) is 8.93. The number of rotatable bonds is 4. The molecule has 0 spiro atoms. The molecule has 0 saturated carbocycles. The Morgan fingerprint density at radius 3 is 3.06 bits per heavy atom. The van der Waals surface area contributed by atoms with E-state index in [9.17, 15) is 4.79 Å². The van der Waals surface area contributed by atoms with Crippen molar-refractivity contribution in [1.82, 2.24) is 5.32 Å². The van der Waals surface area contributed by atoms with Crippen molar-refractivity contribution in [1.29, 1.82) is 0 Å². The predicted molar refractivity (Wildman–Crippen MR) is 71.3 cm³/mol. The third-order valence-electron chi connectivity index (χ3n) is 3.41. The number of ether oxygens (including phenoxy) is 1. The maximum atomic E-state index is 11.2. The Labute approximate surface area is 108 Å². The van der Waals surface area contributed by atoms with Gasteiger partial charge < -0.3 is 10.1 Å². The largest absolute Gasteiger partial charge is 0.466 e. The zero-order valence-electron chi connectivity index (χ0n) is 10.9. The summed E-state index contributed by atoms with van der Waals surface area (Å²) >= 11 is 0. The van der Waals surface area contributed by atoms with Crippen molar-refractivity contribution in [2.45, 2.75) is 25.8 Å². The second-order valence-corrected chi connectivity index (χ2v) is 4.58. The average Bonchev–Trinajstić information content (AvgIpc) is 2.81.